The van der Waals surface area contributed by atoms with Crippen molar-refractivity contribution in [3.05, 3.63) is 72.8 Å². The van der Waals surface area contributed by atoms with E-state index >= 15 is 0 Å². The van der Waals surface area contributed by atoms with E-state index < -0.39 is 0 Å². The van der Waals surface area contributed by atoms with Gasteiger partial charge in [-0.05, 0) is 37.6 Å². The van der Waals surface area contributed by atoms with Gasteiger partial charge in [-0.1, -0.05) is 18.2 Å². The molecule has 0 spiro atoms. The molecule has 0 N–H and O–H groups in total. The Hall–Kier alpha value is -2.85. The van der Waals surface area contributed by atoms with Crippen LogP contribution >= 0.6 is 12.4 Å². The van der Waals surface area contributed by atoms with E-state index in [1.165, 1.54) is 11.3 Å². The van der Waals surface area contributed by atoms with Crippen LogP contribution in [0.1, 0.15) is 11.3 Å². The number of hydrogen-bond donors (Lipinski definition) is 0. The second kappa shape index (κ2) is 7.18. The minimum atomic E-state index is 0. The summed E-state index contributed by atoms with van der Waals surface area (Å²) < 4.78 is 8.47. The Balaban J connectivity index is 0.00000196. The van der Waals surface area contributed by atoms with Crippen LogP contribution in [0, 0.1) is 13.8 Å². The number of aromatic nitrogens is 3. The monoisotopic (exact) mass is 365 g/mol. The fraction of sp³-hybridized carbons (Fsp3) is 0.143. The summed E-state index contributed by atoms with van der Waals surface area (Å²) in [5.41, 5.74) is 3.45. The van der Waals surface area contributed by atoms with Crippen LogP contribution in [0.4, 0.5) is 0 Å². The van der Waals surface area contributed by atoms with Gasteiger partial charge in [-0.25, -0.2) is 4.98 Å². The molecule has 0 aliphatic rings. The summed E-state index contributed by atoms with van der Waals surface area (Å²) in [6.07, 6.45) is 7.31. The SMILES string of the molecule is C=CCn1c(C)c(C)c2ccnc(Oc3cccc4cnccc34)c21.Cl. The first-order valence-corrected chi connectivity index (χ1v) is 8.26. The largest absolute Gasteiger partial charge is 0.436 e. The highest BCUT2D eigenvalue weighted by molar-refractivity contribution is 5.91. The van der Waals surface area contributed by atoms with Crippen LogP contribution in [0.25, 0.3) is 21.7 Å². The summed E-state index contributed by atoms with van der Waals surface area (Å²) in [4.78, 5) is 8.69. The van der Waals surface area contributed by atoms with Crippen LogP contribution in [0.3, 0.4) is 0 Å². The van der Waals surface area contributed by atoms with Crippen LogP contribution in [-0.2, 0) is 6.54 Å². The molecule has 4 nitrogen and oxygen atoms in total. The first kappa shape index (κ1) is 18.0. The van der Waals surface area contributed by atoms with Gasteiger partial charge >= 0.3 is 0 Å². The fourth-order valence-corrected chi connectivity index (χ4v) is 3.28. The summed E-state index contributed by atoms with van der Waals surface area (Å²) in [6, 6.07) is 9.96. The van der Waals surface area contributed by atoms with Gasteiger partial charge in [-0.2, -0.15) is 0 Å². The molecule has 26 heavy (non-hydrogen) atoms. The summed E-state index contributed by atoms with van der Waals surface area (Å²) >= 11 is 0. The van der Waals surface area contributed by atoms with E-state index in [9.17, 15) is 0 Å². The van der Waals surface area contributed by atoms with Crippen molar-refractivity contribution in [2.24, 2.45) is 0 Å². The van der Waals surface area contributed by atoms with Gasteiger partial charge in [0.25, 0.3) is 0 Å². The third-order valence-electron chi connectivity index (χ3n) is 4.67. The Morgan fingerprint density at radius 1 is 1.12 bits per heavy atom. The Morgan fingerprint density at radius 2 is 1.92 bits per heavy atom. The fourth-order valence-electron chi connectivity index (χ4n) is 3.28. The number of benzene rings is 1. The predicted octanol–water partition coefficient (Wildman–Crippen LogP) is 5.60. The number of allylic oxidation sites excluding steroid dienone is 1. The number of rotatable bonds is 4. The number of hydrogen-bond acceptors (Lipinski definition) is 3. The van der Waals surface area contributed by atoms with E-state index in [0.717, 1.165) is 34.0 Å². The van der Waals surface area contributed by atoms with E-state index in [4.69, 9.17) is 4.74 Å². The molecule has 0 aliphatic carbocycles. The molecule has 0 atom stereocenters. The molecule has 0 aliphatic heterocycles. The maximum absolute atomic E-state index is 6.27. The maximum atomic E-state index is 6.27. The van der Waals surface area contributed by atoms with E-state index in [1.807, 2.05) is 42.6 Å². The Bertz CT molecular complexity index is 1100. The molecule has 0 unspecified atom stereocenters. The van der Waals surface area contributed by atoms with Gasteiger partial charge in [-0.15, -0.1) is 19.0 Å². The molecule has 0 saturated heterocycles. The van der Waals surface area contributed by atoms with Crippen molar-refractivity contribution in [1.82, 2.24) is 14.5 Å². The van der Waals surface area contributed by atoms with E-state index in [1.54, 1.807) is 12.4 Å². The maximum Gasteiger partial charge on any atom is 0.244 e. The van der Waals surface area contributed by atoms with Crippen molar-refractivity contribution < 1.29 is 4.74 Å². The van der Waals surface area contributed by atoms with Crippen LogP contribution in [0.15, 0.2) is 61.6 Å². The molecule has 5 heteroatoms. The standard InChI is InChI=1S/C21H19N3O.ClH/c1-4-12-24-15(3)14(2)17-9-11-23-21(20(17)24)25-19-7-5-6-16-13-22-10-8-18(16)19;/h4-11,13H,1,12H2,2-3H3;1H. The van der Waals surface area contributed by atoms with Crippen molar-refractivity contribution in [3.8, 4) is 11.6 Å². The molecule has 3 heterocycles. The van der Waals surface area contributed by atoms with Crippen molar-refractivity contribution in [2.45, 2.75) is 20.4 Å². The molecule has 4 rings (SSSR count). The number of fused-ring (bicyclic) bond motifs is 2. The third kappa shape index (κ3) is 2.82. The molecule has 1 aromatic carbocycles. The topological polar surface area (TPSA) is 39.9 Å². The van der Waals surface area contributed by atoms with Crippen LogP contribution in [0.2, 0.25) is 0 Å². The van der Waals surface area contributed by atoms with Gasteiger partial charge in [0.15, 0.2) is 0 Å². The molecule has 0 bridgehead atoms. The second-order valence-electron chi connectivity index (χ2n) is 6.08. The van der Waals surface area contributed by atoms with Gasteiger partial charge < -0.3 is 9.30 Å². The number of pyridine rings is 2. The first-order chi connectivity index (χ1) is 12.2. The smallest absolute Gasteiger partial charge is 0.244 e. The summed E-state index contributed by atoms with van der Waals surface area (Å²) in [7, 11) is 0. The van der Waals surface area contributed by atoms with E-state index in [0.29, 0.717) is 5.88 Å². The first-order valence-electron chi connectivity index (χ1n) is 8.26. The van der Waals surface area contributed by atoms with Crippen LogP contribution < -0.4 is 4.74 Å². The molecule has 4 aromatic rings. The van der Waals surface area contributed by atoms with Crippen LogP contribution in [-0.4, -0.2) is 14.5 Å². The normalized spacial score (nSPS) is 10.7. The second-order valence-corrected chi connectivity index (χ2v) is 6.08. The molecule has 3 aromatic heterocycles. The minimum absolute atomic E-state index is 0. The lowest BCUT2D eigenvalue weighted by molar-refractivity contribution is 0.471. The quantitative estimate of drug-likeness (QED) is 0.442. The van der Waals surface area contributed by atoms with Gasteiger partial charge in [0, 0.05) is 47.0 Å². The molecule has 0 saturated carbocycles. The molecule has 132 valence electrons. The zero-order valence-electron chi connectivity index (χ0n) is 14.8. The summed E-state index contributed by atoms with van der Waals surface area (Å²) in [5, 5.41) is 3.22. The number of ether oxygens (including phenoxy) is 1. The molecule has 0 radical (unpaired) electrons. The lowest BCUT2D eigenvalue weighted by atomic mass is 10.1. The van der Waals surface area contributed by atoms with Crippen molar-refractivity contribution in [2.75, 3.05) is 0 Å². The number of halogens is 1. The Labute approximate surface area is 158 Å². The highest BCUT2D eigenvalue weighted by Crippen LogP contribution is 2.35. The van der Waals surface area contributed by atoms with Crippen molar-refractivity contribution in [1.29, 1.82) is 0 Å². The predicted molar refractivity (Wildman–Crippen MR) is 108 cm³/mol. The van der Waals surface area contributed by atoms with Crippen LogP contribution in [0.5, 0.6) is 11.6 Å². The lowest BCUT2D eigenvalue weighted by Crippen LogP contribution is -2.00. The summed E-state index contributed by atoms with van der Waals surface area (Å²) in [6.45, 7) is 8.85. The number of aryl methyl sites for hydroxylation is 1. The highest BCUT2D eigenvalue weighted by Gasteiger charge is 2.16. The molecular weight excluding hydrogens is 346 g/mol. The Morgan fingerprint density at radius 3 is 2.73 bits per heavy atom. The Kier molecular flexibility index (Phi) is 4.96. The van der Waals surface area contributed by atoms with Gasteiger partial charge in [0.05, 0.1) is 0 Å². The van der Waals surface area contributed by atoms with E-state index in [-0.39, 0.29) is 12.4 Å². The lowest BCUT2D eigenvalue weighted by Gasteiger charge is -2.11. The molecular formula is C21H20ClN3O. The average Bonchev–Trinajstić information content (AvgIpc) is 2.88. The van der Waals surface area contributed by atoms with Crippen molar-refractivity contribution in [3.63, 3.8) is 0 Å². The third-order valence-corrected chi connectivity index (χ3v) is 4.67. The van der Waals surface area contributed by atoms with Gasteiger partial charge in [0.1, 0.15) is 11.3 Å². The van der Waals surface area contributed by atoms with Gasteiger partial charge in [0.2, 0.25) is 5.88 Å². The zero-order chi connectivity index (χ0) is 17.4. The minimum Gasteiger partial charge on any atom is -0.436 e. The number of nitrogens with zero attached hydrogens (tertiary/aromatic N) is 3. The van der Waals surface area contributed by atoms with E-state index in [2.05, 4.69) is 35.0 Å². The van der Waals surface area contributed by atoms with Gasteiger partial charge in [-0.3, -0.25) is 4.98 Å². The molecule has 0 amide bonds. The summed E-state index contributed by atoms with van der Waals surface area (Å²) in [5.74, 6) is 1.39. The van der Waals surface area contributed by atoms with Crippen molar-refractivity contribution >= 4 is 34.1 Å². The average molecular weight is 366 g/mol. The highest BCUT2D eigenvalue weighted by atomic mass is 35.5. The zero-order valence-corrected chi connectivity index (χ0v) is 15.6. The molecule has 0 fully saturated rings.